The van der Waals surface area contributed by atoms with Gasteiger partial charge in [-0.25, -0.2) is 0 Å². The minimum atomic E-state index is -4.67. The summed E-state index contributed by atoms with van der Waals surface area (Å²) in [4.78, 5) is 3.79. The van der Waals surface area contributed by atoms with Crippen molar-refractivity contribution in [3.8, 4) is 6.07 Å². The summed E-state index contributed by atoms with van der Waals surface area (Å²) in [5.41, 5.74) is 1.63. The largest absolute Gasteiger partial charge is 0.394 e. The molecule has 0 aliphatic rings. The summed E-state index contributed by atoms with van der Waals surface area (Å²) in [5.74, 6) is 0. The van der Waals surface area contributed by atoms with Crippen molar-refractivity contribution in [3.63, 3.8) is 0 Å². The van der Waals surface area contributed by atoms with Gasteiger partial charge in [0.15, 0.2) is 0 Å². The predicted octanol–water partition coefficient (Wildman–Crippen LogP) is 0.609. The Kier molecular flexibility index (Phi) is 4.72. The van der Waals surface area contributed by atoms with Gasteiger partial charge in [0.1, 0.15) is 6.07 Å². The van der Waals surface area contributed by atoms with Crippen molar-refractivity contribution < 1.29 is 17.5 Å². The molecule has 0 aromatic carbocycles. The summed E-state index contributed by atoms with van der Waals surface area (Å²) >= 11 is 0. The van der Waals surface area contributed by atoms with Gasteiger partial charge in [0.05, 0.1) is 5.56 Å². The maximum atomic E-state index is 8.74. The second-order valence-electron chi connectivity index (χ2n) is 2.25. The maximum Gasteiger partial charge on any atom is 0.394 e. The number of rotatable bonds is 0. The van der Waals surface area contributed by atoms with Crippen LogP contribution in [0.5, 0.6) is 0 Å². The normalized spacial score (nSPS) is 9.57. The molecule has 1 aromatic heterocycles. The zero-order valence-corrected chi connectivity index (χ0v) is 8.06. The molecule has 0 spiro atoms. The second kappa shape index (κ2) is 5.29. The number of aryl methyl sites for hydroxylation is 1. The van der Waals surface area contributed by atoms with Crippen molar-refractivity contribution in [2.75, 3.05) is 0 Å². The fourth-order valence-corrected chi connectivity index (χ4v) is 0.581. The lowest BCUT2D eigenvalue weighted by Crippen LogP contribution is -1.89. The molecule has 0 fully saturated rings. The smallest absolute Gasteiger partial charge is 0.264 e. The van der Waals surface area contributed by atoms with Crippen molar-refractivity contribution in [2.24, 2.45) is 0 Å². The van der Waals surface area contributed by atoms with E-state index in [2.05, 4.69) is 4.98 Å². The van der Waals surface area contributed by atoms with Crippen LogP contribution in [0.3, 0.4) is 0 Å². The molecule has 14 heavy (non-hydrogen) atoms. The standard InChI is InChI=1S/C7H6N2.H2O4S/c1-6-2-3-9-5-7(6)4-8;1-5(2,3)4/h2-3,5H,1H3;(H2,1,2,3,4). The molecule has 0 unspecified atom stereocenters. The minimum Gasteiger partial charge on any atom is -0.264 e. The molecule has 1 heterocycles. The van der Waals surface area contributed by atoms with Gasteiger partial charge in [0.2, 0.25) is 0 Å². The molecule has 1 rings (SSSR count). The molecule has 76 valence electrons. The molecule has 6 nitrogen and oxygen atoms in total. The SMILES string of the molecule is Cc1ccncc1C#N.O=S(=O)(O)O. The predicted molar refractivity (Wildman–Crippen MR) is 47.9 cm³/mol. The summed E-state index contributed by atoms with van der Waals surface area (Å²) in [6, 6.07) is 3.85. The molecule has 0 radical (unpaired) electrons. The third kappa shape index (κ3) is 7.17. The fraction of sp³-hybridized carbons (Fsp3) is 0.143. The van der Waals surface area contributed by atoms with E-state index < -0.39 is 10.4 Å². The van der Waals surface area contributed by atoms with Crippen LogP contribution in [0, 0.1) is 18.3 Å². The van der Waals surface area contributed by atoms with Gasteiger partial charge in [-0.15, -0.1) is 0 Å². The Hall–Kier alpha value is -1.49. The van der Waals surface area contributed by atoms with Crippen molar-refractivity contribution in [1.29, 1.82) is 5.26 Å². The molecule has 2 N–H and O–H groups in total. The van der Waals surface area contributed by atoms with Crippen molar-refractivity contribution in [3.05, 3.63) is 29.6 Å². The van der Waals surface area contributed by atoms with Crippen LogP contribution < -0.4 is 0 Å². The van der Waals surface area contributed by atoms with Crippen molar-refractivity contribution in [1.82, 2.24) is 4.98 Å². The zero-order chi connectivity index (χ0) is 11.2. The van der Waals surface area contributed by atoms with E-state index in [1.54, 1.807) is 12.4 Å². The monoisotopic (exact) mass is 216 g/mol. The van der Waals surface area contributed by atoms with E-state index in [1.165, 1.54) is 0 Å². The Balaban J connectivity index is 0.000000292. The number of hydrogen-bond acceptors (Lipinski definition) is 4. The Morgan fingerprint density at radius 3 is 2.29 bits per heavy atom. The lowest BCUT2D eigenvalue weighted by molar-refractivity contribution is 0.381. The van der Waals surface area contributed by atoms with Crippen LogP contribution >= 0.6 is 0 Å². The Bertz CT molecular complexity index is 427. The van der Waals surface area contributed by atoms with E-state index in [0.29, 0.717) is 5.56 Å². The molecule has 0 saturated heterocycles. The van der Waals surface area contributed by atoms with Gasteiger partial charge in [-0.05, 0) is 18.6 Å². The first kappa shape index (κ1) is 12.5. The quantitative estimate of drug-likeness (QED) is 0.614. The van der Waals surface area contributed by atoms with Gasteiger partial charge in [0.25, 0.3) is 0 Å². The highest BCUT2D eigenvalue weighted by Crippen LogP contribution is 2.00. The van der Waals surface area contributed by atoms with E-state index in [4.69, 9.17) is 22.8 Å². The average Bonchev–Trinajstić information content (AvgIpc) is 2.02. The highest BCUT2D eigenvalue weighted by atomic mass is 32.3. The van der Waals surface area contributed by atoms with Gasteiger partial charge in [-0.3, -0.25) is 14.1 Å². The Morgan fingerprint density at radius 1 is 1.50 bits per heavy atom. The summed E-state index contributed by atoms with van der Waals surface area (Å²) in [7, 11) is -4.67. The highest BCUT2D eigenvalue weighted by Gasteiger charge is 1.91. The van der Waals surface area contributed by atoms with E-state index in [0.717, 1.165) is 5.56 Å². The first-order valence-electron chi connectivity index (χ1n) is 3.35. The van der Waals surface area contributed by atoms with Crippen LogP contribution in [0.4, 0.5) is 0 Å². The van der Waals surface area contributed by atoms with Gasteiger partial charge in [-0.1, -0.05) is 0 Å². The molecule has 0 amide bonds. The molecular formula is C7H8N2O4S. The zero-order valence-electron chi connectivity index (χ0n) is 7.25. The van der Waals surface area contributed by atoms with Gasteiger partial charge in [0, 0.05) is 12.4 Å². The fourth-order valence-electron chi connectivity index (χ4n) is 0.581. The Morgan fingerprint density at radius 2 is 2.00 bits per heavy atom. The van der Waals surface area contributed by atoms with Crippen LogP contribution in [-0.2, 0) is 10.4 Å². The van der Waals surface area contributed by atoms with Crippen LogP contribution in [0.15, 0.2) is 18.5 Å². The third-order valence-electron chi connectivity index (χ3n) is 1.16. The van der Waals surface area contributed by atoms with Crippen LogP contribution in [0.1, 0.15) is 11.1 Å². The Labute approximate surface area is 81.4 Å². The maximum absolute atomic E-state index is 8.74. The summed E-state index contributed by atoms with van der Waals surface area (Å²) < 4.78 is 31.6. The lowest BCUT2D eigenvalue weighted by Gasteiger charge is -1.90. The van der Waals surface area contributed by atoms with Crippen LogP contribution in [0.2, 0.25) is 0 Å². The average molecular weight is 216 g/mol. The van der Waals surface area contributed by atoms with E-state index in [-0.39, 0.29) is 0 Å². The number of hydrogen-bond donors (Lipinski definition) is 2. The van der Waals surface area contributed by atoms with Gasteiger partial charge < -0.3 is 0 Å². The van der Waals surface area contributed by atoms with Gasteiger partial charge >= 0.3 is 10.4 Å². The van der Waals surface area contributed by atoms with Crippen LogP contribution in [0.25, 0.3) is 0 Å². The van der Waals surface area contributed by atoms with Crippen LogP contribution in [-0.4, -0.2) is 22.5 Å². The highest BCUT2D eigenvalue weighted by molar-refractivity contribution is 7.79. The molecule has 0 bridgehead atoms. The van der Waals surface area contributed by atoms with Gasteiger partial charge in [-0.2, -0.15) is 13.7 Å². The first-order chi connectivity index (χ1) is 6.34. The third-order valence-corrected chi connectivity index (χ3v) is 1.16. The van der Waals surface area contributed by atoms with E-state index in [9.17, 15) is 0 Å². The number of pyridine rings is 1. The molecule has 1 aromatic rings. The van der Waals surface area contributed by atoms with Crippen molar-refractivity contribution >= 4 is 10.4 Å². The lowest BCUT2D eigenvalue weighted by atomic mass is 10.2. The molecule has 0 atom stereocenters. The summed E-state index contributed by atoms with van der Waals surface area (Å²) in [6.45, 7) is 1.89. The van der Waals surface area contributed by atoms with Crippen molar-refractivity contribution in [2.45, 2.75) is 6.92 Å². The summed E-state index contributed by atoms with van der Waals surface area (Å²) in [5, 5.41) is 8.43. The van der Waals surface area contributed by atoms with E-state index >= 15 is 0 Å². The second-order valence-corrected chi connectivity index (χ2v) is 3.15. The molecule has 0 aliphatic heterocycles. The first-order valence-corrected chi connectivity index (χ1v) is 4.75. The molecule has 7 heteroatoms. The number of nitrogens with zero attached hydrogens (tertiary/aromatic N) is 2. The number of nitriles is 1. The van der Waals surface area contributed by atoms with E-state index in [1.807, 2.05) is 19.1 Å². The topological polar surface area (TPSA) is 111 Å². The number of aromatic nitrogens is 1. The minimum absolute atomic E-state index is 0.650. The molecule has 0 saturated carbocycles. The molecular weight excluding hydrogens is 208 g/mol. The molecule has 0 aliphatic carbocycles. The summed E-state index contributed by atoms with van der Waals surface area (Å²) in [6.07, 6.45) is 3.24.